The van der Waals surface area contributed by atoms with E-state index in [1.807, 2.05) is 25.1 Å². The van der Waals surface area contributed by atoms with Gasteiger partial charge in [0.2, 0.25) is 0 Å². The minimum atomic E-state index is 0.563. The lowest BCUT2D eigenvalue weighted by atomic mass is 10.1. The van der Waals surface area contributed by atoms with E-state index in [4.69, 9.17) is 11.6 Å². The molecule has 1 saturated heterocycles. The lowest BCUT2D eigenvalue weighted by molar-refractivity contribution is 0.300. The fourth-order valence-corrected chi connectivity index (χ4v) is 3.16. The summed E-state index contributed by atoms with van der Waals surface area (Å²) in [5.74, 6) is 0. The van der Waals surface area contributed by atoms with Crippen LogP contribution in [0.15, 0.2) is 18.2 Å². The topological polar surface area (TPSA) is 18.5 Å². The highest BCUT2D eigenvalue weighted by molar-refractivity contribution is 6.33. The van der Waals surface area contributed by atoms with Gasteiger partial charge in [0.25, 0.3) is 0 Å². The number of anilines is 2. The summed E-state index contributed by atoms with van der Waals surface area (Å²) in [7, 11) is 4.03. The molecule has 1 aliphatic heterocycles. The third kappa shape index (κ3) is 4.03. The van der Waals surface area contributed by atoms with E-state index in [-0.39, 0.29) is 0 Å². The van der Waals surface area contributed by atoms with Crippen molar-refractivity contribution in [2.24, 2.45) is 0 Å². The Balaban J connectivity index is 1.98. The van der Waals surface area contributed by atoms with E-state index in [0.29, 0.717) is 6.04 Å². The summed E-state index contributed by atoms with van der Waals surface area (Å²) in [5, 5.41) is 4.45. The molecule has 0 aliphatic carbocycles. The molecule has 0 amide bonds. The maximum Gasteiger partial charge on any atom is 0.0659 e. The van der Waals surface area contributed by atoms with Gasteiger partial charge in [-0.05, 0) is 50.6 Å². The Labute approximate surface area is 127 Å². The molecular weight excluding hydrogens is 270 g/mol. The van der Waals surface area contributed by atoms with Crippen LogP contribution in [-0.4, -0.2) is 44.7 Å². The molecule has 2 rings (SSSR count). The number of hydrogen-bond donors (Lipinski definition) is 1. The molecule has 0 bridgehead atoms. The average Bonchev–Trinajstić information content (AvgIpc) is 2.63. The summed E-state index contributed by atoms with van der Waals surface area (Å²) >= 11 is 6.33. The number of benzene rings is 1. The number of rotatable bonds is 4. The largest absolute Gasteiger partial charge is 0.382 e. The fourth-order valence-electron chi connectivity index (χ4n) is 2.81. The van der Waals surface area contributed by atoms with Crippen molar-refractivity contribution in [3.8, 4) is 0 Å². The van der Waals surface area contributed by atoms with Crippen LogP contribution in [0.4, 0.5) is 11.4 Å². The van der Waals surface area contributed by atoms with Gasteiger partial charge in [-0.2, -0.15) is 0 Å². The van der Waals surface area contributed by atoms with Crippen molar-refractivity contribution in [1.82, 2.24) is 4.90 Å². The smallest absolute Gasteiger partial charge is 0.0659 e. The summed E-state index contributed by atoms with van der Waals surface area (Å²) in [6.07, 6.45) is 3.72. The molecule has 1 heterocycles. The molecule has 1 N–H and O–H groups in total. The van der Waals surface area contributed by atoms with Crippen LogP contribution < -0.4 is 10.2 Å². The molecule has 0 radical (unpaired) electrons. The summed E-state index contributed by atoms with van der Waals surface area (Å²) in [4.78, 5) is 4.57. The van der Waals surface area contributed by atoms with Crippen molar-refractivity contribution in [3.63, 3.8) is 0 Å². The highest BCUT2D eigenvalue weighted by atomic mass is 35.5. The Morgan fingerprint density at radius 3 is 2.75 bits per heavy atom. The first-order chi connectivity index (χ1) is 9.60. The summed E-state index contributed by atoms with van der Waals surface area (Å²) in [6.45, 7) is 5.83. The highest BCUT2D eigenvalue weighted by Gasteiger charge is 2.16. The Morgan fingerprint density at radius 2 is 2.10 bits per heavy atom. The number of likely N-dealkylation sites (tertiary alicyclic amines) is 1. The second-order valence-corrected chi connectivity index (χ2v) is 6.17. The van der Waals surface area contributed by atoms with Crippen molar-refractivity contribution >= 4 is 23.0 Å². The van der Waals surface area contributed by atoms with E-state index in [2.05, 4.69) is 29.3 Å². The summed E-state index contributed by atoms with van der Waals surface area (Å²) < 4.78 is 0. The van der Waals surface area contributed by atoms with Gasteiger partial charge in [-0.25, -0.2) is 0 Å². The zero-order valence-corrected chi connectivity index (χ0v) is 13.6. The van der Waals surface area contributed by atoms with E-state index in [0.717, 1.165) is 22.9 Å². The third-order valence-corrected chi connectivity index (χ3v) is 4.37. The third-order valence-electron chi connectivity index (χ3n) is 4.07. The van der Waals surface area contributed by atoms with Crippen LogP contribution in [0, 0.1) is 0 Å². The van der Waals surface area contributed by atoms with Crippen molar-refractivity contribution < 1.29 is 0 Å². The van der Waals surface area contributed by atoms with Gasteiger partial charge in [-0.15, -0.1) is 0 Å². The van der Waals surface area contributed by atoms with Crippen molar-refractivity contribution in [2.75, 3.05) is 43.9 Å². The lowest BCUT2D eigenvalue weighted by Crippen LogP contribution is -2.26. The molecule has 3 nitrogen and oxygen atoms in total. The van der Waals surface area contributed by atoms with Crippen LogP contribution in [-0.2, 0) is 0 Å². The van der Waals surface area contributed by atoms with Crippen LogP contribution in [0.3, 0.4) is 0 Å². The van der Waals surface area contributed by atoms with Gasteiger partial charge in [-0.3, -0.25) is 0 Å². The Morgan fingerprint density at radius 1 is 1.30 bits per heavy atom. The van der Waals surface area contributed by atoms with E-state index in [9.17, 15) is 0 Å². The number of halogens is 1. The molecule has 1 aromatic carbocycles. The molecule has 1 aromatic rings. The van der Waals surface area contributed by atoms with Gasteiger partial charge in [0.15, 0.2) is 0 Å². The van der Waals surface area contributed by atoms with E-state index in [1.54, 1.807) is 0 Å². The van der Waals surface area contributed by atoms with Crippen LogP contribution in [0.2, 0.25) is 5.02 Å². The Kier molecular flexibility index (Phi) is 5.55. The minimum Gasteiger partial charge on any atom is -0.382 e. The SMILES string of the molecule is CCN1CCCC(Nc2ccc(N(C)C)c(Cl)c2)CC1. The molecule has 1 fully saturated rings. The van der Waals surface area contributed by atoms with Crippen LogP contribution in [0.5, 0.6) is 0 Å². The zero-order chi connectivity index (χ0) is 14.5. The number of hydrogen-bond acceptors (Lipinski definition) is 3. The molecule has 112 valence electrons. The number of nitrogens with one attached hydrogen (secondary N) is 1. The van der Waals surface area contributed by atoms with Crippen LogP contribution in [0.1, 0.15) is 26.2 Å². The number of nitrogens with zero attached hydrogens (tertiary/aromatic N) is 2. The predicted molar refractivity (Wildman–Crippen MR) is 89.2 cm³/mol. The summed E-state index contributed by atoms with van der Waals surface area (Å²) in [5.41, 5.74) is 2.20. The molecule has 0 saturated carbocycles. The average molecular weight is 296 g/mol. The first kappa shape index (κ1) is 15.5. The fraction of sp³-hybridized carbons (Fsp3) is 0.625. The van der Waals surface area contributed by atoms with Crippen molar-refractivity contribution in [1.29, 1.82) is 0 Å². The molecule has 1 unspecified atom stereocenters. The van der Waals surface area contributed by atoms with Gasteiger partial charge in [-0.1, -0.05) is 18.5 Å². The molecule has 20 heavy (non-hydrogen) atoms. The highest BCUT2D eigenvalue weighted by Crippen LogP contribution is 2.28. The predicted octanol–water partition coefficient (Wildman–Crippen LogP) is 3.69. The quantitative estimate of drug-likeness (QED) is 0.914. The molecule has 0 spiro atoms. The maximum atomic E-state index is 6.33. The van der Waals surface area contributed by atoms with Gasteiger partial charge in [0, 0.05) is 32.4 Å². The van der Waals surface area contributed by atoms with Gasteiger partial charge in [0.05, 0.1) is 10.7 Å². The molecule has 1 atom stereocenters. The van der Waals surface area contributed by atoms with Crippen molar-refractivity contribution in [2.45, 2.75) is 32.2 Å². The first-order valence-corrected chi connectivity index (χ1v) is 7.93. The first-order valence-electron chi connectivity index (χ1n) is 7.56. The maximum absolute atomic E-state index is 6.33. The lowest BCUT2D eigenvalue weighted by Gasteiger charge is -2.20. The minimum absolute atomic E-state index is 0.563. The second kappa shape index (κ2) is 7.19. The van der Waals surface area contributed by atoms with E-state index >= 15 is 0 Å². The molecule has 0 aromatic heterocycles. The van der Waals surface area contributed by atoms with Gasteiger partial charge >= 0.3 is 0 Å². The summed E-state index contributed by atoms with van der Waals surface area (Å²) in [6, 6.07) is 6.82. The normalized spacial score (nSPS) is 20.5. The van der Waals surface area contributed by atoms with Gasteiger partial charge in [0.1, 0.15) is 0 Å². The van der Waals surface area contributed by atoms with Crippen LogP contribution >= 0.6 is 11.6 Å². The Bertz CT molecular complexity index is 434. The van der Waals surface area contributed by atoms with Gasteiger partial charge < -0.3 is 15.1 Å². The second-order valence-electron chi connectivity index (χ2n) is 5.77. The van der Waals surface area contributed by atoms with Crippen molar-refractivity contribution in [3.05, 3.63) is 23.2 Å². The Hall–Kier alpha value is -0.930. The molecule has 4 heteroatoms. The zero-order valence-electron chi connectivity index (χ0n) is 12.8. The monoisotopic (exact) mass is 295 g/mol. The standard InChI is InChI=1S/C16H26ClN3/c1-4-20-10-5-6-13(9-11-20)18-14-7-8-16(19(2)3)15(17)12-14/h7-8,12-13,18H,4-6,9-11H2,1-3H3. The van der Waals surface area contributed by atoms with Crippen LogP contribution in [0.25, 0.3) is 0 Å². The van der Waals surface area contributed by atoms with E-state index < -0.39 is 0 Å². The molecule has 1 aliphatic rings. The molecular formula is C16H26ClN3. The van der Waals surface area contributed by atoms with E-state index in [1.165, 1.54) is 32.4 Å².